The molecule has 0 saturated heterocycles. The van der Waals surface area contributed by atoms with Gasteiger partial charge < -0.3 is 0 Å². The van der Waals surface area contributed by atoms with Crippen LogP contribution in [0, 0.1) is 5.92 Å². The molecule has 18 heavy (non-hydrogen) atoms. The van der Waals surface area contributed by atoms with E-state index in [2.05, 4.69) is 18.1 Å². The molecule has 2 heteroatoms. The lowest BCUT2D eigenvalue weighted by atomic mass is 9.99. The molecule has 0 fully saturated rings. The SMILES string of the molecule is C=CCN(CC=C)CC(C)C(=O)c1ccccc1. The summed E-state index contributed by atoms with van der Waals surface area (Å²) in [6.45, 7) is 11.7. The summed E-state index contributed by atoms with van der Waals surface area (Å²) in [4.78, 5) is 14.4. The first-order valence-electron chi connectivity index (χ1n) is 6.22. The van der Waals surface area contributed by atoms with E-state index in [1.165, 1.54) is 0 Å². The third-order valence-electron chi connectivity index (χ3n) is 2.81. The van der Waals surface area contributed by atoms with Gasteiger partial charge in [-0.1, -0.05) is 49.4 Å². The molecule has 0 saturated carbocycles. The van der Waals surface area contributed by atoms with E-state index in [0.717, 1.165) is 25.2 Å². The van der Waals surface area contributed by atoms with E-state index in [9.17, 15) is 4.79 Å². The molecule has 0 heterocycles. The number of Topliss-reactive ketones (excluding diaryl/α,β-unsaturated/α-hetero) is 1. The molecule has 1 rings (SSSR count). The molecule has 0 bridgehead atoms. The maximum absolute atomic E-state index is 12.2. The van der Waals surface area contributed by atoms with Crippen LogP contribution in [0.3, 0.4) is 0 Å². The summed E-state index contributed by atoms with van der Waals surface area (Å²) in [7, 11) is 0. The van der Waals surface area contributed by atoms with Gasteiger partial charge in [0.1, 0.15) is 0 Å². The van der Waals surface area contributed by atoms with Crippen molar-refractivity contribution in [2.45, 2.75) is 6.92 Å². The zero-order valence-corrected chi connectivity index (χ0v) is 11.0. The highest BCUT2D eigenvalue weighted by atomic mass is 16.1. The number of hydrogen-bond donors (Lipinski definition) is 0. The fourth-order valence-electron chi connectivity index (χ4n) is 1.95. The van der Waals surface area contributed by atoms with E-state index >= 15 is 0 Å². The molecule has 0 radical (unpaired) electrons. The summed E-state index contributed by atoms with van der Waals surface area (Å²) in [5.41, 5.74) is 0.780. The summed E-state index contributed by atoms with van der Waals surface area (Å²) in [5.74, 6) is 0.168. The van der Waals surface area contributed by atoms with Crippen molar-refractivity contribution in [3.05, 3.63) is 61.2 Å². The third kappa shape index (κ3) is 4.30. The van der Waals surface area contributed by atoms with Crippen molar-refractivity contribution in [3.63, 3.8) is 0 Å². The van der Waals surface area contributed by atoms with Gasteiger partial charge in [-0.05, 0) is 0 Å². The molecule has 1 aromatic carbocycles. The van der Waals surface area contributed by atoms with E-state index in [4.69, 9.17) is 0 Å². The molecule has 1 unspecified atom stereocenters. The standard InChI is InChI=1S/C16H21NO/c1-4-11-17(12-5-2)13-14(3)16(18)15-9-7-6-8-10-15/h4-10,14H,1-2,11-13H2,3H3. The fourth-order valence-corrected chi connectivity index (χ4v) is 1.95. The minimum atomic E-state index is -0.0210. The Bertz CT molecular complexity index is 387. The zero-order valence-electron chi connectivity index (χ0n) is 11.0. The average molecular weight is 243 g/mol. The Morgan fingerprint density at radius 2 is 1.78 bits per heavy atom. The van der Waals surface area contributed by atoms with Crippen LogP contribution in [0.4, 0.5) is 0 Å². The molecular formula is C16H21NO. The van der Waals surface area contributed by atoms with E-state index in [-0.39, 0.29) is 11.7 Å². The number of ketones is 1. The van der Waals surface area contributed by atoms with Gasteiger partial charge in [0, 0.05) is 31.1 Å². The average Bonchev–Trinajstić information content (AvgIpc) is 2.39. The summed E-state index contributed by atoms with van der Waals surface area (Å²) in [6.07, 6.45) is 3.70. The van der Waals surface area contributed by atoms with Crippen LogP contribution in [0.1, 0.15) is 17.3 Å². The predicted molar refractivity (Wildman–Crippen MR) is 76.8 cm³/mol. The second-order valence-electron chi connectivity index (χ2n) is 4.43. The van der Waals surface area contributed by atoms with Gasteiger partial charge in [-0.2, -0.15) is 0 Å². The smallest absolute Gasteiger partial charge is 0.166 e. The number of benzene rings is 1. The first-order chi connectivity index (χ1) is 8.69. The number of nitrogens with zero attached hydrogens (tertiary/aromatic N) is 1. The zero-order chi connectivity index (χ0) is 13.4. The Kier molecular flexibility index (Phi) is 6.09. The number of carbonyl (C=O) groups is 1. The largest absolute Gasteiger partial charge is 0.295 e. The first-order valence-corrected chi connectivity index (χ1v) is 6.22. The maximum Gasteiger partial charge on any atom is 0.166 e. The molecule has 0 aromatic heterocycles. The monoisotopic (exact) mass is 243 g/mol. The molecule has 0 amide bonds. The topological polar surface area (TPSA) is 20.3 Å². The van der Waals surface area contributed by atoms with Crippen LogP contribution in [0.25, 0.3) is 0 Å². The summed E-state index contributed by atoms with van der Waals surface area (Å²) in [5, 5.41) is 0. The molecule has 1 atom stereocenters. The second kappa shape index (κ2) is 7.62. The summed E-state index contributed by atoms with van der Waals surface area (Å²) >= 11 is 0. The van der Waals surface area contributed by atoms with Crippen molar-refractivity contribution in [2.75, 3.05) is 19.6 Å². The van der Waals surface area contributed by atoms with Crippen LogP contribution < -0.4 is 0 Å². The van der Waals surface area contributed by atoms with E-state index in [1.54, 1.807) is 0 Å². The van der Waals surface area contributed by atoms with Gasteiger partial charge in [-0.15, -0.1) is 13.2 Å². The highest BCUT2D eigenvalue weighted by Gasteiger charge is 2.17. The summed E-state index contributed by atoms with van der Waals surface area (Å²) in [6, 6.07) is 9.44. The number of rotatable bonds is 8. The minimum Gasteiger partial charge on any atom is -0.295 e. The highest BCUT2D eigenvalue weighted by Crippen LogP contribution is 2.10. The molecule has 0 aliphatic rings. The van der Waals surface area contributed by atoms with Gasteiger partial charge >= 0.3 is 0 Å². The van der Waals surface area contributed by atoms with E-state index in [0.29, 0.717) is 0 Å². The molecule has 0 spiro atoms. The highest BCUT2D eigenvalue weighted by molar-refractivity contribution is 5.97. The van der Waals surface area contributed by atoms with Crippen LogP contribution in [0.15, 0.2) is 55.6 Å². The molecule has 2 nitrogen and oxygen atoms in total. The Morgan fingerprint density at radius 1 is 1.22 bits per heavy atom. The minimum absolute atomic E-state index is 0.0210. The molecular weight excluding hydrogens is 222 g/mol. The van der Waals surface area contributed by atoms with Crippen LogP contribution in [-0.4, -0.2) is 30.3 Å². The molecule has 0 aliphatic heterocycles. The van der Waals surface area contributed by atoms with Gasteiger partial charge in [0.25, 0.3) is 0 Å². The first kappa shape index (κ1) is 14.4. The predicted octanol–water partition coefficient (Wildman–Crippen LogP) is 3.18. The van der Waals surface area contributed by atoms with Gasteiger partial charge in [0.05, 0.1) is 0 Å². The molecule has 1 aromatic rings. The third-order valence-corrected chi connectivity index (χ3v) is 2.81. The van der Waals surface area contributed by atoms with Gasteiger partial charge in [-0.25, -0.2) is 0 Å². The van der Waals surface area contributed by atoms with Crippen molar-refractivity contribution in [3.8, 4) is 0 Å². The Hall–Kier alpha value is -1.67. The molecule has 0 N–H and O–H groups in total. The van der Waals surface area contributed by atoms with Crippen molar-refractivity contribution in [1.82, 2.24) is 4.90 Å². The van der Waals surface area contributed by atoms with E-state index in [1.807, 2.05) is 49.4 Å². The molecule has 0 aliphatic carbocycles. The fraction of sp³-hybridized carbons (Fsp3) is 0.312. The van der Waals surface area contributed by atoms with Crippen LogP contribution in [-0.2, 0) is 0 Å². The van der Waals surface area contributed by atoms with Gasteiger partial charge in [0.15, 0.2) is 5.78 Å². The number of hydrogen-bond acceptors (Lipinski definition) is 2. The van der Waals surface area contributed by atoms with Crippen LogP contribution in [0.5, 0.6) is 0 Å². The molecule has 96 valence electrons. The van der Waals surface area contributed by atoms with Crippen LogP contribution in [0.2, 0.25) is 0 Å². The normalized spacial score (nSPS) is 12.1. The lowest BCUT2D eigenvalue weighted by Crippen LogP contribution is -2.32. The van der Waals surface area contributed by atoms with Crippen molar-refractivity contribution < 1.29 is 4.79 Å². The Morgan fingerprint density at radius 3 is 2.28 bits per heavy atom. The maximum atomic E-state index is 12.2. The van der Waals surface area contributed by atoms with Crippen molar-refractivity contribution >= 4 is 5.78 Å². The summed E-state index contributed by atoms with van der Waals surface area (Å²) < 4.78 is 0. The lowest BCUT2D eigenvalue weighted by Gasteiger charge is -2.22. The van der Waals surface area contributed by atoms with Gasteiger partial charge in [-0.3, -0.25) is 9.69 Å². The number of carbonyl (C=O) groups excluding carboxylic acids is 1. The quantitative estimate of drug-likeness (QED) is 0.516. The lowest BCUT2D eigenvalue weighted by molar-refractivity contribution is 0.0902. The Balaban J connectivity index is 2.63. The van der Waals surface area contributed by atoms with Crippen molar-refractivity contribution in [2.24, 2.45) is 5.92 Å². The van der Waals surface area contributed by atoms with E-state index < -0.39 is 0 Å². The van der Waals surface area contributed by atoms with Gasteiger partial charge in [0.2, 0.25) is 0 Å². The Labute approximate surface area is 110 Å². The van der Waals surface area contributed by atoms with Crippen molar-refractivity contribution in [1.29, 1.82) is 0 Å². The van der Waals surface area contributed by atoms with Crippen LogP contribution >= 0.6 is 0 Å². The second-order valence-corrected chi connectivity index (χ2v) is 4.43.